The lowest BCUT2D eigenvalue weighted by Crippen LogP contribution is -2.32. The quantitative estimate of drug-likeness (QED) is 0.491. The average Bonchev–Trinajstić information content (AvgIpc) is 2.43. The molecule has 0 heterocycles. The monoisotopic (exact) mass is 170 g/mol. The van der Waals surface area contributed by atoms with Gasteiger partial charge in [0.05, 0.1) is 0 Å². The Kier molecular flexibility index (Phi) is 0.854. The van der Waals surface area contributed by atoms with Crippen molar-refractivity contribution in [2.24, 2.45) is 28.6 Å². The highest BCUT2D eigenvalue weighted by Gasteiger charge is 2.81. The van der Waals surface area contributed by atoms with Crippen LogP contribution in [0.2, 0.25) is 0 Å². The minimum Gasteiger partial charge on any atom is -0.122 e. The molecule has 5 atom stereocenters. The number of alkyl halides is 1. The van der Waals surface area contributed by atoms with Gasteiger partial charge in [-0.3, -0.25) is 0 Å². The van der Waals surface area contributed by atoms with E-state index in [-0.39, 0.29) is 0 Å². The number of hydrogen-bond donors (Lipinski definition) is 0. The lowest BCUT2D eigenvalue weighted by atomic mass is 9.71. The van der Waals surface area contributed by atoms with E-state index in [1.807, 2.05) is 0 Å². The molecule has 4 fully saturated rings. The van der Waals surface area contributed by atoms with Crippen molar-refractivity contribution >= 4 is 11.6 Å². The van der Waals surface area contributed by atoms with Gasteiger partial charge in [-0.25, -0.2) is 0 Å². The maximum absolute atomic E-state index is 6.42. The number of halogens is 1. The summed E-state index contributed by atoms with van der Waals surface area (Å²) in [6.45, 7) is 7.23. The second kappa shape index (κ2) is 1.39. The van der Waals surface area contributed by atoms with Crippen molar-refractivity contribution in [2.75, 3.05) is 0 Å². The summed E-state index contributed by atoms with van der Waals surface area (Å²) in [5, 5.41) is 0.493. The molecule has 0 aromatic heterocycles. The minimum atomic E-state index is 0.467. The fraction of sp³-hybridized carbons (Fsp3) is 1.00. The zero-order chi connectivity index (χ0) is 8.02. The molecule has 0 nitrogen and oxygen atoms in total. The van der Waals surface area contributed by atoms with Crippen LogP contribution in [0.15, 0.2) is 0 Å². The molecule has 0 amide bonds. The zero-order valence-corrected chi connectivity index (χ0v) is 8.15. The van der Waals surface area contributed by atoms with Crippen LogP contribution in [0.1, 0.15) is 27.2 Å². The summed E-state index contributed by atoms with van der Waals surface area (Å²) in [6.07, 6.45) is 1.41. The Labute approximate surface area is 73.3 Å². The fourth-order valence-corrected chi connectivity index (χ4v) is 4.82. The second-order valence-corrected chi connectivity index (χ2v) is 5.98. The summed E-state index contributed by atoms with van der Waals surface area (Å²) in [7, 11) is 0. The lowest BCUT2D eigenvalue weighted by Gasteiger charge is -2.36. The Morgan fingerprint density at radius 2 is 1.91 bits per heavy atom. The topological polar surface area (TPSA) is 0 Å². The van der Waals surface area contributed by atoms with Gasteiger partial charge in [-0.1, -0.05) is 20.8 Å². The van der Waals surface area contributed by atoms with Gasteiger partial charge < -0.3 is 0 Å². The van der Waals surface area contributed by atoms with Crippen molar-refractivity contribution in [3.05, 3.63) is 0 Å². The summed E-state index contributed by atoms with van der Waals surface area (Å²) in [5.41, 5.74) is 1.00. The normalized spacial score (nSPS) is 68.7. The number of rotatable bonds is 0. The van der Waals surface area contributed by atoms with Crippen LogP contribution in [0.25, 0.3) is 0 Å². The molecule has 1 heteroatoms. The molecule has 62 valence electrons. The molecule has 0 aliphatic heterocycles. The van der Waals surface area contributed by atoms with Crippen LogP contribution in [0.3, 0.4) is 0 Å². The van der Waals surface area contributed by atoms with Crippen LogP contribution in [-0.2, 0) is 0 Å². The van der Waals surface area contributed by atoms with E-state index in [0.29, 0.717) is 16.2 Å². The van der Waals surface area contributed by atoms with Crippen LogP contribution >= 0.6 is 11.6 Å². The molecule has 0 N–H and O–H groups in total. The Balaban J connectivity index is 2.16. The first kappa shape index (κ1) is 6.77. The van der Waals surface area contributed by atoms with Gasteiger partial charge in [-0.05, 0) is 35.0 Å². The molecule has 0 spiro atoms. The molecule has 4 bridgehead atoms. The highest BCUT2D eigenvalue weighted by atomic mass is 35.5. The largest absolute Gasteiger partial charge is 0.122 e. The first-order chi connectivity index (χ1) is 5.00. The molecule has 0 aromatic rings. The third-order valence-electron chi connectivity index (χ3n) is 5.14. The van der Waals surface area contributed by atoms with E-state index < -0.39 is 0 Å². The second-order valence-electron chi connectivity index (χ2n) is 5.51. The van der Waals surface area contributed by atoms with E-state index in [0.717, 1.165) is 17.8 Å². The Bertz CT molecular complexity index is 231. The van der Waals surface area contributed by atoms with Gasteiger partial charge in [-0.15, -0.1) is 11.6 Å². The lowest BCUT2D eigenvalue weighted by molar-refractivity contribution is 0.155. The molecule has 4 aliphatic carbocycles. The van der Waals surface area contributed by atoms with Crippen LogP contribution < -0.4 is 0 Å². The van der Waals surface area contributed by atoms with E-state index in [2.05, 4.69) is 20.8 Å². The van der Waals surface area contributed by atoms with Crippen molar-refractivity contribution in [3.8, 4) is 0 Å². The molecule has 0 saturated heterocycles. The molecular weight excluding hydrogens is 156 g/mol. The van der Waals surface area contributed by atoms with E-state index in [1.54, 1.807) is 0 Å². The summed E-state index contributed by atoms with van der Waals surface area (Å²) < 4.78 is 0. The molecule has 4 saturated carbocycles. The van der Waals surface area contributed by atoms with Crippen molar-refractivity contribution < 1.29 is 0 Å². The highest BCUT2D eigenvalue weighted by molar-refractivity contribution is 6.22. The van der Waals surface area contributed by atoms with E-state index in [4.69, 9.17) is 11.6 Å². The molecule has 0 aromatic carbocycles. The van der Waals surface area contributed by atoms with Crippen molar-refractivity contribution in [2.45, 2.75) is 32.6 Å². The van der Waals surface area contributed by atoms with Gasteiger partial charge in [0.25, 0.3) is 0 Å². The Morgan fingerprint density at radius 3 is 2.00 bits per heavy atom. The van der Waals surface area contributed by atoms with E-state index in [9.17, 15) is 0 Å². The SMILES string of the molecule is CC1(C)[C@H]2C3C(Cl)[C@@]1(C)C[C@@H]32. The molecule has 4 aliphatic rings. The molecule has 2 unspecified atom stereocenters. The summed E-state index contributed by atoms with van der Waals surface area (Å²) in [6, 6.07) is 0. The molecule has 11 heavy (non-hydrogen) atoms. The van der Waals surface area contributed by atoms with Crippen LogP contribution in [0, 0.1) is 28.6 Å². The van der Waals surface area contributed by atoms with Gasteiger partial charge in [0.2, 0.25) is 0 Å². The number of hydrogen-bond acceptors (Lipinski definition) is 0. The maximum Gasteiger partial charge on any atom is 0.0428 e. The first-order valence-corrected chi connectivity index (χ1v) is 5.08. The van der Waals surface area contributed by atoms with Crippen LogP contribution in [0.4, 0.5) is 0 Å². The van der Waals surface area contributed by atoms with Crippen molar-refractivity contribution in [1.82, 2.24) is 0 Å². The van der Waals surface area contributed by atoms with Gasteiger partial charge in [0.15, 0.2) is 0 Å². The van der Waals surface area contributed by atoms with Crippen LogP contribution in [0.5, 0.6) is 0 Å². The Hall–Kier alpha value is 0.290. The van der Waals surface area contributed by atoms with Gasteiger partial charge >= 0.3 is 0 Å². The van der Waals surface area contributed by atoms with E-state index in [1.165, 1.54) is 6.42 Å². The van der Waals surface area contributed by atoms with E-state index >= 15 is 0 Å². The summed E-state index contributed by atoms with van der Waals surface area (Å²) in [4.78, 5) is 0. The van der Waals surface area contributed by atoms with Gasteiger partial charge in [0.1, 0.15) is 0 Å². The predicted octanol–water partition coefficient (Wildman–Crippen LogP) is 2.91. The molecule has 0 radical (unpaired) electrons. The molecule has 4 rings (SSSR count). The average molecular weight is 171 g/mol. The minimum absolute atomic E-state index is 0.467. The standard InChI is InChI=1S/C10H15Cl/c1-9(2)7-5-4-10(9,3)8(11)6(5)7/h5-8H,4H2,1-3H3/t5-,6?,7+,8?,10+/m0/s1. The smallest absolute Gasteiger partial charge is 0.0428 e. The van der Waals surface area contributed by atoms with Gasteiger partial charge in [0, 0.05) is 5.38 Å². The predicted molar refractivity (Wildman–Crippen MR) is 46.6 cm³/mol. The Morgan fingerprint density at radius 1 is 1.27 bits per heavy atom. The zero-order valence-electron chi connectivity index (χ0n) is 7.39. The fourth-order valence-electron chi connectivity index (χ4n) is 4.11. The summed E-state index contributed by atoms with van der Waals surface area (Å²) >= 11 is 6.42. The van der Waals surface area contributed by atoms with Crippen LogP contribution in [-0.4, -0.2) is 5.38 Å². The third-order valence-corrected chi connectivity index (χ3v) is 5.91. The highest BCUT2D eigenvalue weighted by Crippen LogP contribution is 2.84. The first-order valence-electron chi connectivity index (χ1n) is 4.64. The maximum atomic E-state index is 6.42. The third kappa shape index (κ3) is 0.436. The van der Waals surface area contributed by atoms with Crippen molar-refractivity contribution in [1.29, 1.82) is 0 Å². The van der Waals surface area contributed by atoms with Crippen molar-refractivity contribution in [3.63, 3.8) is 0 Å². The summed E-state index contributed by atoms with van der Waals surface area (Å²) in [5.74, 6) is 2.89. The molecular formula is C10H15Cl. The van der Waals surface area contributed by atoms with Gasteiger partial charge in [-0.2, -0.15) is 0 Å².